The third kappa shape index (κ3) is 6.88. The fraction of sp³-hybridized carbons (Fsp3) is 0.438. The van der Waals surface area contributed by atoms with Gasteiger partial charge in [-0.1, -0.05) is 0 Å². The lowest BCUT2D eigenvalue weighted by Crippen LogP contribution is -2.56. The topological polar surface area (TPSA) is 127 Å². The third-order valence-electron chi connectivity index (χ3n) is 8.35. The minimum Gasteiger partial charge on any atom is -0.493 e. The molecule has 0 bridgehead atoms. The summed E-state index contributed by atoms with van der Waals surface area (Å²) in [4.78, 5) is 27.9. The number of carbonyl (C=O) groups is 1. The van der Waals surface area contributed by atoms with Crippen LogP contribution in [0.1, 0.15) is 18.9 Å². The average Bonchev–Trinajstić information content (AvgIpc) is 3.48. The largest absolute Gasteiger partial charge is 0.493 e. The number of piperazine rings is 1. The summed E-state index contributed by atoms with van der Waals surface area (Å²) in [6.45, 7) is 8.88. The first-order chi connectivity index (χ1) is 20.9. The number of nitrogens with zero attached hydrogens (tertiary/aromatic N) is 6. The zero-order chi connectivity index (χ0) is 29.8. The fourth-order valence-electron chi connectivity index (χ4n) is 5.77. The summed E-state index contributed by atoms with van der Waals surface area (Å²) in [5, 5.41) is 22.6. The Balaban J connectivity index is 1.08. The quantitative estimate of drug-likeness (QED) is 0.388. The van der Waals surface area contributed by atoms with Crippen LogP contribution in [-0.4, -0.2) is 102 Å². The van der Waals surface area contributed by atoms with Gasteiger partial charge >= 0.3 is 0 Å². The van der Waals surface area contributed by atoms with Gasteiger partial charge in [-0.15, -0.1) is 0 Å². The molecular weight excluding hydrogens is 546 g/mol. The number of nitriles is 1. The Hall–Kier alpha value is -4.24. The van der Waals surface area contributed by atoms with Crippen LogP contribution < -0.4 is 15.0 Å². The maximum absolute atomic E-state index is 12.1. The highest BCUT2D eigenvalue weighted by molar-refractivity contribution is 5.80. The van der Waals surface area contributed by atoms with Gasteiger partial charge in [0.15, 0.2) is 5.82 Å². The Kier molecular flexibility index (Phi) is 8.69. The summed E-state index contributed by atoms with van der Waals surface area (Å²) in [6, 6.07) is 18.3. The van der Waals surface area contributed by atoms with Crippen molar-refractivity contribution in [2.45, 2.75) is 25.5 Å². The summed E-state index contributed by atoms with van der Waals surface area (Å²) in [5.41, 5.74) is 3.26. The standard InChI is InChI=1S/C32H37N7O4/c1-22(40)32(41)39-9-7-23(18-39)19-43-29-15-24(17-33)14-25(16-29)31-34-8-6-30(36-31)35-26-2-4-27(5-3-26)37-10-12-38(13-11-37)28-20-42-21-28/h2-6,8,14-16,22-23,28,40H,7,9-13,18-21H2,1H3,(H,34,35,36)/t22-,23-/m0/s1. The lowest BCUT2D eigenvalue weighted by Gasteiger charge is -2.43. The number of aliphatic hydroxyl groups excluding tert-OH is 1. The van der Waals surface area contributed by atoms with Gasteiger partial charge in [0.2, 0.25) is 0 Å². The van der Waals surface area contributed by atoms with Crippen molar-refractivity contribution < 1.29 is 19.4 Å². The number of aromatic nitrogens is 2. The van der Waals surface area contributed by atoms with E-state index in [1.165, 1.54) is 12.6 Å². The van der Waals surface area contributed by atoms with E-state index < -0.39 is 6.10 Å². The first-order valence-corrected chi connectivity index (χ1v) is 14.9. The van der Waals surface area contributed by atoms with Crippen LogP contribution in [0.2, 0.25) is 0 Å². The molecule has 2 N–H and O–H groups in total. The molecule has 0 unspecified atom stereocenters. The number of carbonyl (C=O) groups excluding carboxylic acids is 1. The fourth-order valence-corrected chi connectivity index (χ4v) is 5.77. The predicted octanol–water partition coefficient (Wildman–Crippen LogP) is 2.89. The molecule has 0 aliphatic carbocycles. The molecule has 2 atom stereocenters. The summed E-state index contributed by atoms with van der Waals surface area (Å²) in [5.74, 6) is 1.57. The van der Waals surface area contributed by atoms with Crippen molar-refractivity contribution in [2.75, 3.05) is 69.3 Å². The third-order valence-corrected chi connectivity index (χ3v) is 8.35. The number of hydrogen-bond acceptors (Lipinski definition) is 10. The highest BCUT2D eigenvalue weighted by Gasteiger charge is 2.30. The Bertz CT molecular complexity index is 1460. The Morgan fingerprint density at radius 2 is 1.93 bits per heavy atom. The second-order valence-electron chi connectivity index (χ2n) is 11.4. The maximum Gasteiger partial charge on any atom is 0.251 e. The summed E-state index contributed by atoms with van der Waals surface area (Å²) >= 11 is 0. The summed E-state index contributed by atoms with van der Waals surface area (Å²) in [6.07, 6.45) is 1.49. The van der Waals surface area contributed by atoms with Gasteiger partial charge in [0.05, 0.1) is 37.5 Å². The number of likely N-dealkylation sites (tertiary alicyclic amines) is 1. The second-order valence-corrected chi connectivity index (χ2v) is 11.4. The van der Waals surface area contributed by atoms with Crippen molar-refractivity contribution in [3.8, 4) is 23.2 Å². The molecule has 0 spiro atoms. The number of ether oxygens (including phenoxy) is 2. The first-order valence-electron chi connectivity index (χ1n) is 14.9. The van der Waals surface area contributed by atoms with Crippen LogP contribution in [-0.2, 0) is 9.53 Å². The number of aliphatic hydroxyl groups is 1. The molecular formula is C32H37N7O4. The lowest BCUT2D eigenvalue weighted by molar-refractivity contribution is -0.138. The van der Waals surface area contributed by atoms with Crippen LogP contribution in [0.4, 0.5) is 17.2 Å². The van der Waals surface area contributed by atoms with Gasteiger partial charge in [0.1, 0.15) is 17.7 Å². The van der Waals surface area contributed by atoms with Gasteiger partial charge in [-0.2, -0.15) is 5.26 Å². The molecule has 6 rings (SSSR count). The number of benzene rings is 2. The maximum atomic E-state index is 12.1. The van der Waals surface area contributed by atoms with E-state index >= 15 is 0 Å². The molecule has 1 amide bonds. The molecule has 4 heterocycles. The van der Waals surface area contributed by atoms with Gasteiger partial charge in [-0.25, -0.2) is 9.97 Å². The van der Waals surface area contributed by atoms with Gasteiger partial charge in [-0.05, 0) is 61.9 Å². The van der Waals surface area contributed by atoms with E-state index in [1.807, 2.05) is 12.1 Å². The van der Waals surface area contributed by atoms with E-state index in [0.717, 1.165) is 51.5 Å². The number of anilines is 3. The van der Waals surface area contributed by atoms with Crippen molar-refractivity contribution in [3.63, 3.8) is 0 Å². The second kappa shape index (κ2) is 13.0. The Labute approximate surface area is 251 Å². The Morgan fingerprint density at radius 3 is 2.63 bits per heavy atom. The summed E-state index contributed by atoms with van der Waals surface area (Å²) in [7, 11) is 0. The molecule has 2 aromatic carbocycles. The molecule has 3 aliphatic rings. The van der Waals surface area contributed by atoms with E-state index in [4.69, 9.17) is 14.5 Å². The van der Waals surface area contributed by atoms with Crippen molar-refractivity contribution in [1.29, 1.82) is 5.26 Å². The summed E-state index contributed by atoms with van der Waals surface area (Å²) < 4.78 is 11.4. The molecule has 11 nitrogen and oxygen atoms in total. The van der Waals surface area contributed by atoms with E-state index in [-0.39, 0.29) is 11.8 Å². The number of amides is 1. The van der Waals surface area contributed by atoms with Gasteiger partial charge in [0, 0.05) is 68.3 Å². The minimum absolute atomic E-state index is 0.152. The van der Waals surface area contributed by atoms with Crippen molar-refractivity contribution in [1.82, 2.24) is 19.8 Å². The van der Waals surface area contributed by atoms with Gasteiger partial charge < -0.3 is 29.7 Å². The van der Waals surface area contributed by atoms with Crippen LogP contribution in [0.25, 0.3) is 11.4 Å². The molecule has 43 heavy (non-hydrogen) atoms. The van der Waals surface area contributed by atoms with E-state index in [1.54, 1.807) is 23.2 Å². The smallest absolute Gasteiger partial charge is 0.251 e. The van der Waals surface area contributed by atoms with Crippen LogP contribution >= 0.6 is 0 Å². The van der Waals surface area contributed by atoms with Crippen molar-refractivity contribution >= 4 is 23.1 Å². The average molecular weight is 584 g/mol. The monoisotopic (exact) mass is 583 g/mol. The Morgan fingerprint density at radius 1 is 1.14 bits per heavy atom. The van der Waals surface area contributed by atoms with E-state index in [9.17, 15) is 15.2 Å². The van der Waals surface area contributed by atoms with Crippen LogP contribution in [0.3, 0.4) is 0 Å². The molecule has 3 fully saturated rings. The minimum atomic E-state index is -1.00. The van der Waals surface area contributed by atoms with E-state index in [2.05, 4.69) is 50.4 Å². The number of nitrogens with one attached hydrogen (secondary N) is 1. The molecule has 1 aromatic heterocycles. The first kappa shape index (κ1) is 28.9. The molecule has 0 radical (unpaired) electrons. The zero-order valence-electron chi connectivity index (χ0n) is 24.4. The van der Waals surface area contributed by atoms with Crippen LogP contribution in [0.5, 0.6) is 5.75 Å². The van der Waals surface area contributed by atoms with Crippen LogP contribution in [0, 0.1) is 17.2 Å². The SMILES string of the molecule is C[C@H](O)C(=O)N1CC[C@H](COc2cc(C#N)cc(-c3nccc(Nc4ccc(N5CCN(C6COC6)CC5)cc4)n3)c2)C1. The molecule has 11 heteroatoms. The molecule has 3 aliphatic heterocycles. The van der Waals surface area contributed by atoms with Gasteiger partial charge in [-0.3, -0.25) is 9.69 Å². The number of hydrogen-bond donors (Lipinski definition) is 2. The predicted molar refractivity (Wildman–Crippen MR) is 162 cm³/mol. The van der Waals surface area contributed by atoms with Crippen LogP contribution in [0.15, 0.2) is 54.7 Å². The normalized spacial score (nSPS) is 19.9. The van der Waals surface area contributed by atoms with Crippen molar-refractivity contribution in [2.24, 2.45) is 5.92 Å². The van der Waals surface area contributed by atoms with Crippen molar-refractivity contribution in [3.05, 3.63) is 60.3 Å². The molecule has 3 saturated heterocycles. The highest BCUT2D eigenvalue weighted by Crippen LogP contribution is 2.28. The molecule has 3 aromatic rings. The zero-order valence-corrected chi connectivity index (χ0v) is 24.4. The van der Waals surface area contributed by atoms with Gasteiger partial charge in [0.25, 0.3) is 5.91 Å². The highest BCUT2D eigenvalue weighted by atomic mass is 16.5. The molecule has 0 saturated carbocycles. The lowest BCUT2D eigenvalue weighted by atomic mass is 10.1. The number of rotatable bonds is 9. The van der Waals surface area contributed by atoms with E-state index in [0.29, 0.717) is 54.3 Å². The molecule has 224 valence electrons.